The van der Waals surface area contributed by atoms with Crippen LogP contribution in [0.3, 0.4) is 0 Å². The maximum absolute atomic E-state index is 13.4. The maximum atomic E-state index is 13.4. The van der Waals surface area contributed by atoms with Gasteiger partial charge < -0.3 is 25.7 Å². The summed E-state index contributed by atoms with van der Waals surface area (Å²) in [5, 5.41) is 6.53. The van der Waals surface area contributed by atoms with Crippen molar-refractivity contribution in [2.45, 2.75) is 45.1 Å². The van der Waals surface area contributed by atoms with E-state index in [1.165, 1.54) is 4.90 Å². The third-order valence-electron chi connectivity index (χ3n) is 5.20. The molecule has 0 atom stereocenters. The summed E-state index contributed by atoms with van der Waals surface area (Å²) in [6.45, 7) is 5.58. The first-order valence-electron chi connectivity index (χ1n) is 10.1. The summed E-state index contributed by atoms with van der Waals surface area (Å²) < 4.78 is 32.6. The number of hydrogen-bond acceptors (Lipinski definition) is 6. The third-order valence-corrected chi connectivity index (χ3v) is 5.20. The number of halogens is 2. The summed E-state index contributed by atoms with van der Waals surface area (Å²) >= 11 is 0. The molecule has 30 heavy (non-hydrogen) atoms. The fraction of sp³-hybridized carbons (Fsp3) is 0.650. The number of amides is 1. The number of hydrogen-bond donors (Lipinski definition) is 2. The molecule has 1 aromatic heterocycles. The Labute approximate surface area is 175 Å². The SMILES string of the molecule is CN/C(CN(C(=O)c1ccc(N2CC(F)(F)C2)c(OCC2CC2)n1)C(C)(C)C)=N\N. The van der Waals surface area contributed by atoms with Gasteiger partial charge in [-0.25, -0.2) is 13.8 Å². The van der Waals surface area contributed by atoms with Crippen molar-refractivity contribution in [1.82, 2.24) is 15.2 Å². The second-order valence-corrected chi connectivity index (χ2v) is 8.88. The van der Waals surface area contributed by atoms with Crippen LogP contribution in [0.4, 0.5) is 14.5 Å². The molecule has 0 spiro atoms. The molecular weight excluding hydrogens is 394 g/mol. The number of carbonyl (C=O) groups is 1. The van der Waals surface area contributed by atoms with Gasteiger partial charge in [-0.1, -0.05) is 0 Å². The second kappa shape index (κ2) is 8.23. The predicted molar refractivity (Wildman–Crippen MR) is 111 cm³/mol. The van der Waals surface area contributed by atoms with E-state index in [4.69, 9.17) is 10.6 Å². The van der Waals surface area contributed by atoms with Crippen LogP contribution in [-0.4, -0.2) is 66.4 Å². The highest BCUT2D eigenvalue weighted by Gasteiger charge is 2.45. The molecule has 3 rings (SSSR count). The van der Waals surface area contributed by atoms with Crippen LogP contribution in [0.1, 0.15) is 44.1 Å². The fourth-order valence-electron chi connectivity index (χ4n) is 3.15. The van der Waals surface area contributed by atoms with Crippen molar-refractivity contribution in [3.05, 3.63) is 17.8 Å². The number of rotatable bonds is 7. The number of anilines is 1. The Morgan fingerprint density at radius 1 is 1.40 bits per heavy atom. The van der Waals surface area contributed by atoms with Gasteiger partial charge in [0.1, 0.15) is 17.2 Å². The van der Waals surface area contributed by atoms with Gasteiger partial charge in [0.2, 0.25) is 5.88 Å². The number of likely N-dealkylation sites (N-methyl/N-ethyl adjacent to an activating group) is 1. The molecule has 3 N–H and O–H groups in total. The summed E-state index contributed by atoms with van der Waals surface area (Å²) in [6, 6.07) is 3.18. The van der Waals surface area contributed by atoms with Gasteiger partial charge in [-0.05, 0) is 51.7 Å². The lowest BCUT2D eigenvalue weighted by molar-refractivity contribution is -0.0265. The predicted octanol–water partition coefficient (Wildman–Crippen LogP) is 2.06. The van der Waals surface area contributed by atoms with E-state index in [9.17, 15) is 13.6 Å². The molecule has 8 nitrogen and oxygen atoms in total. The zero-order valence-corrected chi connectivity index (χ0v) is 17.9. The van der Waals surface area contributed by atoms with Crippen LogP contribution >= 0.6 is 0 Å². The average Bonchev–Trinajstić information content (AvgIpc) is 3.48. The number of ether oxygens (including phenoxy) is 1. The Morgan fingerprint density at radius 2 is 2.07 bits per heavy atom. The number of hydrazone groups is 1. The lowest BCUT2D eigenvalue weighted by Gasteiger charge is -2.40. The van der Waals surface area contributed by atoms with Crippen molar-refractivity contribution in [1.29, 1.82) is 0 Å². The van der Waals surface area contributed by atoms with Gasteiger partial charge >= 0.3 is 0 Å². The van der Waals surface area contributed by atoms with Crippen LogP contribution in [0.25, 0.3) is 0 Å². The number of carbonyl (C=O) groups excluding carboxylic acids is 1. The van der Waals surface area contributed by atoms with Gasteiger partial charge in [0.15, 0.2) is 0 Å². The number of nitrogens with zero attached hydrogens (tertiary/aromatic N) is 4. The molecule has 0 aromatic carbocycles. The molecule has 1 aliphatic heterocycles. The minimum atomic E-state index is -2.71. The van der Waals surface area contributed by atoms with E-state index in [1.54, 1.807) is 24.1 Å². The zero-order chi connectivity index (χ0) is 22.1. The molecule has 1 amide bonds. The minimum Gasteiger partial charge on any atom is -0.476 e. The van der Waals surface area contributed by atoms with E-state index in [1.807, 2.05) is 20.8 Å². The van der Waals surface area contributed by atoms with Crippen molar-refractivity contribution in [3.63, 3.8) is 0 Å². The number of nitrogens with two attached hydrogens (primary N) is 1. The topological polar surface area (TPSA) is 96.1 Å². The van der Waals surface area contributed by atoms with E-state index in [0.717, 1.165) is 12.8 Å². The van der Waals surface area contributed by atoms with Crippen molar-refractivity contribution < 1.29 is 18.3 Å². The van der Waals surface area contributed by atoms with Crippen LogP contribution in [0.15, 0.2) is 17.2 Å². The molecule has 1 saturated carbocycles. The molecule has 1 saturated heterocycles. The van der Waals surface area contributed by atoms with Crippen molar-refractivity contribution in [2.24, 2.45) is 16.9 Å². The average molecular weight is 424 g/mol. The van der Waals surface area contributed by atoms with Crippen LogP contribution < -0.4 is 20.8 Å². The maximum Gasteiger partial charge on any atom is 0.282 e. The van der Waals surface area contributed by atoms with Crippen molar-refractivity contribution >= 4 is 17.4 Å². The summed E-state index contributed by atoms with van der Waals surface area (Å²) in [5.41, 5.74) is 0.137. The van der Waals surface area contributed by atoms with E-state index in [2.05, 4.69) is 15.4 Å². The first-order valence-corrected chi connectivity index (χ1v) is 10.1. The van der Waals surface area contributed by atoms with Gasteiger partial charge in [-0.3, -0.25) is 4.79 Å². The normalized spacial score (nSPS) is 18.6. The second-order valence-electron chi connectivity index (χ2n) is 8.88. The Morgan fingerprint density at radius 3 is 2.57 bits per heavy atom. The molecule has 0 bridgehead atoms. The van der Waals surface area contributed by atoms with Crippen LogP contribution in [0.2, 0.25) is 0 Å². The summed E-state index contributed by atoms with van der Waals surface area (Å²) in [4.78, 5) is 20.8. The Balaban J connectivity index is 1.87. The molecular formula is C20H30F2N6O2. The van der Waals surface area contributed by atoms with E-state index in [0.29, 0.717) is 24.0 Å². The zero-order valence-electron chi connectivity index (χ0n) is 17.9. The van der Waals surface area contributed by atoms with Crippen LogP contribution in [-0.2, 0) is 0 Å². The van der Waals surface area contributed by atoms with Gasteiger partial charge in [0.25, 0.3) is 11.8 Å². The standard InChI is InChI=1S/C20H30F2N6O2/c1-19(2,3)28(9-16(24-4)26-23)18(29)14-7-8-15(27-11-20(21,22)12-27)17(25-14)30-10-13-5-6-13/h7-8,13H,5-6,9-12,23H2,1-4H3,(H,24,26). The monoisotopic (exact) mass is 424 g/mol. The highest BCUT2D eigenvalue weighted by Crippen LogP contribution is 2.38. The number of alkyl halides is 2. The summed E-state index contributed by atoms with van der Waals surface area (Å²) in [7, 11) is 1.68. The number of aromatic nitrogens is 1. The summed E-state index contributed by atoms with van der Waals surface area (Å²) in [5.74, 6) is 3.49. The van der Waals surface area contributed by atoms with Gasteiger partial charge in [-0.2, -0.15) is 5.10 Å². The van der Waals surface area contributed by atoms with E-state index < -0.39 is 11.5 Å². The highest BCUT2D eigenvalue weighted by molar-refractivity contribution is 5.96. The molecule has 2 heterocycles. The quantitative estimate of drug-likeness (QED) is 0.301. The van der Waals surface area contributed by atoms with E-state index >= 15 is 0 Å². The first kappa shape index (κ1) is 22.0. The van der Waals surface area contributed by atoms with Gasteiger partial charge in [-0.15, -0.1) is 0 Å². The van der Waals surface area contributed by atoms with Crippen molar-refractivity contribution in [3.8, 4) is 5.88 Å². The molecule has 2 aliphatic rings. The molecule has 2 fully saturated rings. The van der Waals surface area contributed by atoms with Gasteiger partial charge in [0, 0.05) is 12.6 Å². The van der Waals surface area contributed by atoms with Crippen LogP contribution in [0.5, 0.6) is 5.88 Å². The van der Waals surface area contributed by atoms with Crippen LogP contribution in [0, 0.1) is 5.92 Å². The molecule has 166 valence electrons. The molecule has 1 aliphatic carbocycles. The van der Waals surface area contributed by atoms with Crippen molar-refractivity contribution in [2.75, 3.05) is 38.2 Å². The number of nitrogens with one attached hydrogen (secondary N) is 1. The molecule has 0 unspecified atom stereocenters. The third kappa shape index (κ3) is 5.09. The number of amidine groups is 1. The smallest absolute Gasteiger partial charge is 0.282 e. The fourth-order valence-corrected chi connectivity index (χ4v) is 3.15. The molecule has 1 aromatic rings. The first-order chi connectivity index (χ1) is 14.0. The Bertz CT molecular complexity index is 812. The lowest BCUT2D eigenvalue weighted by atomic mass is 10.0. The largest absolute Gasteiger partial charge is 0.476 e. The summed E-state index contributed by atoms with van der Waals surface area (Å²) in [6.07, 6.45) is 2.16. The number of pyridine rings is 1. The lowest BCUT2D eigenvalue weighted by Crippen LogP contribution is -2.56. The minimum absolute atomic E-state index is 0.176. The molecule has 10 heteroatoms. The Hall–Kier alpha value is -2.65. The Kier molecular flexibility index (Phi) is 6.05. The molecule has 0 radical (unpaired) electrons. The van der Waals surface area contributed by atoms with E-state index in [-0.39, 0.29) is 37.1 Å². The van der Waals surface area contributed by atoms with Gasteiger partial charge in [0.05, 0.1) is 26.2 Å². The highest BCUT2D eigenvalue weighted by atomic mass is 19.3.